The fourth-order valence-electron chi connectivity index (χ4n) is 1.46. The molecule has 0 bridgehead atoms. The SMILES string of the molecule is CC(=O)NC1C(O)OC(CO)C[C@@H]1O. The van der Waals surface area contributed by atoms with Crippen LogP contribution >= 0.6 is 0 Å². The molecule has 0 aliphatic carbocycles. The van der Waals surface area contributed by atoms with Gasteiger partial charge in [0.25, 0.3) is 0 Å². The van der Waals surface area contributed by atoms with Crippen molar-refractivity contribution in [2.24, 2.45) is 0 Å². The maximum atomic E-state index is 10.7. The minimum Gasteiger partial charge on any atom is -0.394 e. The largest absolute Gasteiger partial charge is 0.394 e. The molecule has 0 spiro atoms. The van der Waals surface area contributed by atoms with Crippen LogP contribution in [0.25, 0.3) is 0 Å². The highest BCUT2D eigenvalue weighted by Crippen LogP contribution is 2.18. The monoisotopic (exact) mass is 205 g/mol. The van der Waals surface area contributed by atoms with E-state index in [1.54, 1.807) is 0 Å². The van der Waals surface area contributed by atoms with Crippen LogP contribution in [0.1, 0.15) is 13.3 Å². The van der Waals surface area contributed by atoms with E-state index in [2.05, 4.69) is 5.32 Å². The van der Waals surface area contributed by atoms with Crippen molar-refractivity contribution in [2.45, 2.75) is 37.9 Å². The lowest BCUT2D eigenvalue weighted by molar-refractivity contribution is -0.214. The lowest BCUT2D eigenvalue weighted by Crippen LogP contribution is -2.57. The summed E-state index contributed by atoms with van der Waals surface area (Å²) in [6.07, 6.45) is -2.57. The zero-order valence-electron chi connectivity index (χ0n) is 7.88. The van der Waals surface area contributed by atoms with Gasteiger partial charge in [-0.3, -0.25) is 4.79 Å². The van der Waals surface area contributed by atoms with Gasteiger partial charge in [-0.25, -0.2) is 0 Å². The summed E-state index contributed by atoms with van der Waals surface area (Å²) in [6.45, 7) is 1.03. The van der Waals surface area contributed by atoms with E-state index in [1.165, 1.54) is 6.92 Å². The third kappa shape index (κ3) is 2.65. The first-order valence-corrected chi connectivity index (χ1v) is 4.44. The average molecular weight is 205 g/mol. The van der Waals surface area contributed by atoms with Crippen LogP contribution in [-0.4, -0.2) is 52.4 Å². The Morgan fingerprint density at radius 1 is 1.57 bits per heavy atom. The Morgan fingerprint density at radius 2 is 2.21 bits per heavy atom. The number of hydrogen-bond acceptors (Lipinski definition) is 5. The van der Waals surface area contributed by atoms with Crippen molar-refractivity contribution < 1.29 is 24.9 Å². The molecular weight excluding hydrogens is 190 g/mol. The number of nitrogens with one attached hydrogen (secondary N) is 1. The molecule has 6 nitrogen and oxygen atoms in total. The molecule has 0 aromatic heterocycles. The highest BCUT2D eigenvalue weighted by molar-refractivity contribution is 5.73. The number of amides is 1. The fraction of sp³-hybridized carbons (Fsp3) is 0.875. The van der Waals surface area contributed by atoms with Gasteiger partial charge in [0.15, 0.2) is 6.29 Å². The molecule has 3 unspecified atom stereocenters. The van der Waals surface area contributed by atoms with Crippen LogP contribution in [0.3, 0.4) is 0 Å². The smallest absolute Gasteiger partial charge is 0.217 e. The molecule has 1 heterocycles. The number of carbonyl (C=O) groups excluding carboxylic acids is 1. The van der Waals surface area contributed by atoms with Gasteiger partial charge < -0.3 is 25.4 Å². The second kappa shape index (κ2) is 4.70. The first-order valence-electron chi connectivity index (χ1n) is 4.44. The standard InChI is InChI=1S/C8H15NO5/c1-4(11)9-7-6(12)2-5(3-10)14-8(7)13/h5-8,10,12-13H,2-3H2,1H3,(H,9,11)/t5?,6-,7?,8?/m0/s1. The molecular formula is C8H15NO5. The Morgan fingerprint density at radius 3 is 2.64 bits per heavy atom. The van der Waals surface area contributed by atoms with Crippen LogP contribution in [0.15, 0.2) is 0 Å². The predicted octanol–water partition coefficient (Wildman–Crippen LogP) is -2.05. The first-order chi connectivity index (χ1) is 6.54. The molecule has 4 atom stereocenters. The molecule has 1 fully saturated rings. The average Bonchev–Trinajstić information content (AvgIpc) is 2.10. The van der Waals surface area contributed by atoms with E-state index >= 15 is 0 Å². The Balaban J connectivity index is 2.55. The lowest BCUT2D eigenvalue weighted by Gasteiger charge is -2.36. The Bertz CT molecular complexity index is 198. The van der Waals surface area contributed by atoms with E-state index in [9.17, 15) is 15.0 Å². The second-order valence-corrected chi connectivity index (χ2v) is 3.36. The zero-order chi connectivity index (χ0) is 10.7. The van der Waals surface area contributed by atoms with Crippen LogP contribution in [0, 0.1) is 0 Å². The number of rotatable bonds is 2. The van der Waals surface area contributed by atoms with Gasteiger partial charge >= 0.3 is 0 Å². The van der Waals surface area contributed by atoms with Gasteiger partial charge in [0.2, 0.25) is 5.91 Å². The number of carbonyl (C=O) groups is 1. The third-order valence-electron chi connectivity index (χ3n) is 2.13. The maximum absolute atomic E-state index is 10.7. The van der Waals surface area contributed by atoms with E-state index in [0.29, 0.717) is 0 Å². The molecule has 0 radical (unpaired) electrons. The summed E-state index contributed by atoms with van der Waals surface area (Å²) < 4.78 is 4.95. The van der Waals surface area contributed by atoms with Gasteiger partial charge in [-0.05, 0) is 0 Å². The highest BCUT2D eigenvalue weighted by Gasteiger charge is 2.36. The predicted molar refractivity (Wildman–Crippen MR) is 46.2 cm³/mol. The number of hydrogen-bond donors (Lipinski definition) is 4. The summed E-state index contributed by atoms with van der Waals surface area (Å²) in [6, 6.07) is -0.824. The Labute approximate surface area is 81.5 Å². The molecule has 0 saturated carbocycles. The van der Waals surface area contributed by atoms with Crippen LogP contribution in [0.2, 0.25) is 0 Å². The molecule has 1 rings (SSSR count). The molecule has 1 aliphatic rings. The van der Waals surface area contributed by atoms with Crippen molar-refractivity contribution in [3.05, 3.63) is 0 Å². The first kappa shape index (κ1) is 11.4. The van der Waals surface area contributed by atoms with Gasteiger partial charge in [-0.1, -0.05) is 0 Å². The summed E-state index contributed by atoms with van der Waals surface area (Å²) >= 11 is 0. The van der Waals surface area contributed by atoms with Crippen LogP contribution in [-0.2, 0) is 9.53 Å². The van der Waals surface area contributed by atoms with Crippen LogP contribution < -0.4 is 5.32 Å². The van der Waals surface area contributed by atoms with Gasteiger partial charge in [-0.2, -0.15) is 0 Å². The molecule has 0 aromatic rings. The molecule has 1 saturated heterocycles. The third-order valence-corrected chi connectivity index (χ3v) is 2.13. The normalized spacial score (nSPS) is 38.0. The molecule has 4 N–H and O–H groups in total. The van der Waals surface area contributed by atoms with Crippen molar-refractivity contribution in [1.29, 1.82) is 0 Å². The van der Waals surface area contributed by atoms with E-state index < -0.39 is 24.5 Å². The van der Waals surface area contributed by atoms with Crippen LogP contribution in [0.5, 0.6) is 0 Å². The highest BCUT2D eigenvalue weighted by atomic mass is 16.6. The minimum absolute atomic E-state index is 0.193. The van der Waals surface area contributed by atoms with Crippen molar-refractivity contribution in [1.82, 2.24) is 5.32 Å². The summed E-state index contributed by atoms with van der Waals surface area (Å²) in [5.41, 5.74) is 0. The van der Waals surface area contributed by atoms with Crippen molar-refractivity contribution in [3.63, 3.8) is 0 Å². The number of aliphatic hydroxyl groups is 3. The molecule has 1 amide bonds. The summed E-state index contributed by atoms with van der Waals surface area (Å²) in [7, 11) is 0. The van der Waals surface area contributed by atoms with Crippen molar-refractivity contribution in [3.8, 4) is 0 Å². The number of aliphatic hydroxyl groups excluding tert-OH is 3. The van der Waals surface area contributed by atoms with Crippen molar-refractivity contribution >= 4 is 5.91 Å². The van der Waals surface area contributed by atoms with E-state index in [-0.39, 0.29) is 18.9 Å². The molecule has 82 valence electrons. The molecule has 6 heteroatoms. The Hall–Kier alpha value is -0.690. The summed E-state index contributed by atoms with van der Waals surface area (Å²) in [5, 5.41) is 30.0. The maximum Gasteiger partial charge on any atom is 0.217 e. The quantitative estimate of drug-likeness (QED) is 0.416. The topological polar surface area (TPSA) is 99.0 Å². The summed E-state index contributed by atoms with van der Waals surface area (Å²) in [5.74, 6) is -0.348. The minimum atomic E-state index is -1.28. The van der Waals surface area contributed by atoms with Crippen molar-refractivity contribution in [2.75, 3.05) is 6.61 Å². The van der Waals surface area contributed by atoms with Gasteiger partial charge in [0, 0.05) is 13.3 Å². The fourth-order valence-corrected chi connectivity index (χ4v) is 1.46. The lowest BCUT2D eigenvalue weighted by atomic mass is 10.0. The van der Waals surface area contributed by atoms with E-state index in [0.717, 1.165) is 0 Å². The van der Waals surface area contributed by atoms with E-state index in [1.807, 2.05) is 0 Å². The van der Waals surface area contributed by atoms with Gasteiger partial charge in [0.05, 0.1) is 18.8 Å². The van der Waals surface area contributed by atoms with Crippen LogP contribution in [0.4, 0.5) is 0 Å². The molecule has 0 aromatic carbocycles. The van der Waals surface area contributed by atoms with Gasteiger partial charge in [-0.15, -0.1) is 0 Å². The summed E-state index contributed by atoms with van der Waals surface area (Å²) in [4.78, 5) is 10.7. The zero-order valence-corrected chi connectivity index (χ0v) is 7.88. The molecule has 14 heavy (non-hydrogen) atoms. The van der Waals surface area contributed by atoms with Gasteiger partial charge in [0.1, 0.15) is 6.04 Å². The molecule has 1 aliphatic heterocycles. The Kier molecular flexibility index (Phi) is 3.82. The van der Waals surface area contributed by atoms with E-state index in [4.69, 9.17) is 9.84 Å². The number of ether oxygens (including phenoxy) is 1. The second-order valence-electron chi connectivity index (χ2n) is 3.36.